The number of carbonyl (C=O) groups is 2. The van der Waals surface area contributed by atoms with Crippen LogP contribution < -0.4 is 9.62 Å². The molecule has 7 nitrogen and oxygen atoms in total. The normalized spacial score (nSPS) is 12.4. The molecule has 2 amide bonds. The third-order valence-electron chi connectivity index (χ3n) is 5.32. The van der Waals surface area contributed by atoms with Gasteiger partial charge < -0.3 is 10.2 Å². The minimum Gasteiger partial charge on any atom is -0.354 e. The fourth-order valence-electron chi connectivity index (χ4n) is 3.55. The van der Waals surface area contributed by atoms with Crippen molar-refractivity contribution < 1.29 is 22.4 Å². The van der Waals surface area contributed by atoms with Gasteiger partial charge in [-0.2, -0.15) is 0 Å². The standard InChI is InChI=1S/C25H34FN3O4S/c1-17(2)14-27-25(31)20(5)28(15-21-9-7-8-10-23(21)26)24(30)16-29(34(6,32)33)22-12-18(3)11-19(4)13-22/h7-13,17,20H,14-16H2,1-6H3,(H,27,31)/t20-/m1/s1. The van der Waals surface area contributed by atoms with Gasteiger partial charge in [0.15, 0.2) is 0 Å². The number of sulfonamides is 1. The highest BCUT2D eigenvalue weighted by Gasteiger charge is 2.30. The number of carbonyl (C=O) groups excluding carboxylic acids is 2. The lowest BCUT2D eigenvalue weighted by atomic mass is 10.1. The second kappa shape index (κ2) is 11.5. The Bertz CT molecular complexity index is 1110. The van der Waals surface area contributed by atoms with Crippen LogP contribution in [0.3, 0.4) is 0 Å². The lowest BCUT2D eigenvalue weighted by molar-refractivity contribution is -0.139. The van der Waals surface area contributed by atoms with Crippen molar-refractivity contribution >= 4 is 27.5 Å². The molecule has 0 aliphatic heterocycles. The van der Waals surface area contributed by atoms with Gasteiger partial charge in [0, 0.05) is 18.7 Å². The van der Waals surface area contributed by atoms with Crippen LogP contribution in [0.5, 0.6) is 0 Å². The van der Waals surface area contributed by atoms with Crippen molar-refractivity contribution in [1.82, 2.24) is 10.2 Å². The van der Waals surface area contributed by atoms with E-state index in [2.05, 4.69) is 5.32 Å². The molecule has 0 aromatic heterocycles. The predicted molar refractivity (Wildman–Crippen MR) is 132 cm³/mol. The Balaban J connectivity index is 2.41. The van der Waals surface area contributed by atoms with E-state index in [9.17, 15) is 22.4 Å². The van der Waals surface area contributed by atoms with Gasteiger partial charge in [-0.05, 0) is 56.0 Å². The van der Waals surface area contributed by atoms with E-state index in [1.54, 1.807) is 25.1 Å². The van der Waals surface area contributed by atoms with Crippen molar-refractivity contribution in [2.45, 2.75) is 47.2 Å². The highest BCUT2D eigenvalue weighted by Crippen LogP contribution is 2.22. The van der Waals surface area contributed by atoms with Gasteiger partial charge in [0.05, 0.1) is 11.9 Å². The summed E-state index contributed by atoms with van der Waals surface area (Å²) in [7, 11) is -3.82. The summed E-state index contributed by atoms with van der Waals surface area (Å²) in [6.07, 6.45) is 1.03. The third-order valence-corrected chi connectivity index (χ3v) is 6.46. The van der Waals surface area contributed by atoms with Gasteiger partial charge in [-0.15, -0.1) is 0 Å². The lowest BCUT2D eigenvalue weighted by Crippen LogP contribution is -2.51. The van der Waals surface area contributed by atoms with Gasteiger partial charge in [0.2, 0.25) is 21.8 Å². The van der Waals surface area contributed by atoms with E-state index in [0.29, 0.717) is 12.2 Å². The van der Waals surface area contributed by atoms with Crippen LogP contribution in [0.1, 0.15) is 37.5 Å². The average Bonchev–Trinajstić information content (AvgIpc) is 2.73. The van der Waals surface area contributed by atoms with Crippen LogP contribution in [0.2, 0.25) is 0 Å². The van der Waals surface area contributed by atoms with Crippen molar-refractivity contribution in [2.24, 2.45) is 5.92 Å². The molecule has 186 valence electrons. The van der Waals surface area contributed by atoms with E-state index in [0.717, 1.165) is 21.7 Å². The molecule has 0 bridgehead atoms. The van der Waals surface area contributed by atoms with Crippen LogP contribution in [0, 0.1) is 25.6 Å². The van der Waals surface area contributed by atoms with Crippen molar-refractivity contribution in [1.29, 1.82) is 0 Å². The molecule has 2 aromatic rings. The topological polar surface area (TPSA) is 86.8 Å². The van der Waals surface area contributed by atoms with E-state index >= 15 is 0 Å². The smallest absolute Gasteiger partial charge is 0.244 e. The minimum absolute atomic E-state index is 0.174. The first-order valence-corrected chi connectivity index (χ1v) is 13.0. The molecule has 0 unspecified atom stereocenters. The Kier molecular flexibility index (Phi) is 9.21. The van der Waals surface area contributed by atoms with Crippen LogP contribution in [0.4, 0.5) is 10.1 Å². The monoisotopic (exact) mass is 491 g/mol. The number of hydrogen-bond acceptors (Lipinski definition) is 4. The van der Waals surface area contributed by atoms with Gasteiger partial charge in [0.25, 0.3) is 0 Å². The molecule has 0 heterocycles. The highest BCUT2D eigenvalue weighted by molar-refractivity contribution is 7.92. The van der Waals surface area contributed by atoms with E-state index in [1.807, 2.05) is 33.8 Å². The quantitative estimate of drug-likeness (QED) is 0.552. The molecule has 0 fully saturated rings. The van der Waals surface area contributed by atoms with Gasteiger partial charge >= 0.3 is 0 Å². The number of hydrogen-bond donors (Lipinski definition) is 1. The van der Waals surface area contributed by atoms with E-state index < -0.39 is 40.2 Å². The Hall–Kier alpha value is -2.94. The number of rotatable bonds is 10. The molecule has 0 aliphatic rings. The van der Waals surface area contributed by atoms with E-state index in [4.69, 9.17) is 0 Å². The molecule has 2 rings (SSSR count). The molecule has 34 heavy (non-hydrogen) atoms. The summed E-state index contributed by atoms with van der Waals surface area (Å²) in [4.78, 5) is 27.5. The molecular formula is C25H34FN3O4S. The Morgan fingerprint density at radius 2 is 1.62 bits per heavy atom. The largest absolute Gasteiger partial charge is 0.354 e. The highest BCUT2D eigenvalue weighted by atomic mass is 32.2. The summed E-state index contributed by atoms with van der Waals surface area (Å²) in [5, 5.41) is 2.79. The number of amides is 2. The summed E-state index contributed by atoms with van der Waals surface area (Å²) < 4.78 is 40.7. The summed E-state index contributed by atoms with van der Waals surface area (Å²) in [6, 6.07) is 10.3. The fourth-order valence-corrected chi connectivity index (χ4v) is 4.39. The minimum atomic E-state index is -3.82. The first-order chi connectivity index (χ1) is 15.8. The fraction of sp³-hybridized carbons (Fsp3) is 0.440. The van der Waals surface area contributed by atoms with Crippen LogP contribution in [0.15, 0.2) is 42.5 Å². The molecule has 1 N–H and O–H groups in total. The Morgan fingerprint density at radius 1 is 1.03 bits per heavy atom. The first-order valence-electron chi connectivity index (χ1n) is 11.2. The molecular weight excluding hydrogens is 457 g/mol. The molecule has 9 heteroatoms. The summed E-state index contributed by atoms with van der Waals surface area (Å²) >= 11 is 0. The van der Waals surface area contributed by atoms with Crippen molar-refractivity contribution in [2.75, 3.05) is 23.7 Å². The zero-order valence-corrected chi connectivity index (χ0v) is 21.4. The summed E-state index contributed by atoms with van der Waals surface area (Å²) in [5.74, 6) is -1.31. The Morgan fingerprint density at radius 3 is 2.15 bits per heavy atom. The second-order valence-electron chi connectivity index (χ2n) is 9.04. The zero-order valence-electron chi connectivity index (χ0n) is 20.6. The van der Waals surface area contributed by atoms with E-state index in [1.165, 1.54) is 23.1 Å². The van der Waals surface area contributed by atoms with Gasteiger partial charge in [-0.3, -0.25) is 13.9 Å². The lowest BCUT2D eigenvalue weighted by Gasteiger charge is -2.32. The van der Waals surface area contributed by atoms with Crippen molar-refractivity contribution in [3.63, 3.8) is 0 Å². The molecule has 2 aromatic carbocycles. The number of nitrogens with zero attached hydrogens (tertiary/aromatic N) is 2. The zero-order chi connectivity index (χ0) is 25.6. The summed E-state index contributed by atoms with van der Waals surface area (Å²) in [5.41, 5.74) is 2.29. The number of anilines is 1. The molecule has 1 atom stereocenters. The van der Waals surface area contributed by atoms with Crippen LogP contribution in [0.25, 0.3) is 0 Å². The van der Waals surface area contributed by atoms with Crippen molar-refractivity contribution in [3.8, 4) is 0 Å². The maximum atomic E-state index is 14.4. The van der Waals surface area contributed by atoms with Gasteiger partial charge in [0.1, 0.15) is 18.4 Å². The third kappa shape index (κ3) is 7.55. The number of benzene rings is 2. The molecule has 0 radical (unpaired) electrons. The molecule has 0 spiro atoms. The number of aryl methyl sites for hydroxylation is 2. The number of halogens is 1. The molecule has 0 saturated heterocycles. The maximum absolute atomic E-state index is 14.4. The van der Waals surface area contributed by atoms with Crippen molar-refractivity contribution in [3.05, 3.63) is 65.0 Å². The second-order valence-corrected chi connectivity index (χ2v) is 11.0. The first kappa shape index (κ1) is 27.3. The van der Waals surface area contributed by atoms with Gasteiger partial charge in [-0.25, -0.2) is 12.8 Å². The molecule has 0 saturated carbocycles. The van der Waals surface area contributed by atoms with E-state index in [-0.39, 0.29) is 18.0 Å². The van der Waals surface area contributed by atoms with Gasteiger partial charge in [-0.1, -0.05) is 38.1 Å². The molecule has 0 aliphatic carbocycles. The number of nitrogens with one attached hydrogen (secondary N) is 1. The van der Waals surface area contributed by atoms with Crippen LogP contribution in [-0.2, 0) is 26.2 Å². The van der Waals surface area contributed by atoms with Crippen LogP contribution in [-0.4, -0.2) is 50.5 Å². The maximum Gasteiger partial charge on any atom is 0.244 e. The Labute approximate surface area is 202 Å². The summed E-state index contributed by atoms with van der Waals surface area (Å²) in [6.45, 7) is 8.85. The average molecular weight is 492 g/mol. The SMILES string of the molecule is Cc1cc(C)cc(N(CC(=O)N(Cc2ccccc2F)[C@H](C)C(=O)NCC(C)C)S(C)(=O)=O)c1. The van der Waals surface area contributed by atoms with Crippen LogP contribution >= 0.6 is 0 Å². The predicted octanol–water partition coefficient (Wildman–Crippen LogP) is 3.40.